The van der Waals surface area contributed by atoms with E-state index in [1.54, 1.807) is 0 Å². The molecule has 0 aromatic carbocycles. The van der Waals surface area contributed by atoms with E-state index in [2.05, 4.69) is 29.0 Å². The van der Waals surface area contributed by atoms with Crippen LogP contribution in [0, 0.1) is 0 Å². The van der Waals surface area contributed by atoms with Crippen LogP contribution in [0.1, 0.15) is 16.2 Å². The van der Waals surface area contributed by atoms with Gasteiger partial charge >= 0.3 is 12.1 Å². The number of pyridine rings is 2. The van der Waals surface area contributed by atoms with Gasteiger partial charge in [0.05, 0.1) is 20.2 Å². The second kappa shape index (κ2) is 6.87. The van der Waals surface area contributed by atoms with Gasteiger partial charge in [-0.1, -0.05) is 5.16 Å². The molecular weight excluding hydrogens is 387 g/mol. The largest absolute Gasteiger partial charge is 0.471 e. The van der Waals surface area contributed by atoms with Crippen LogP contribution in [0.2, 0.25) is 0 Å². The van der Waals surface area contributed by atoms with Crippen LogP contribution in [0.15, 0.2) is 56.6 Å². The highest BCUT2D eigenvalue weighted by Gasteiger charge is 2.38. The number of carbonyl (C=O) groups is 1. The molecule has 140 valence electrons. The second-order valence-corrected chi connectivity index (χ2v) is 7.49. The molecule has 12 heteroatoms. The summed E-state index contributed by atoms with van der Waals surface area (Å²) in [5.74, 6) is -2.67. The van der Waals surface area contributed by atoms with Crippen molar-refractivity contribution in [3.63, 3.8) is 0 Å². The highest BCUT2D eigenvalue weighted by atomic mass is 32.2. The molecule has 3 heterocycles. The van der Waals surface area contributed by atoms with Gasteiger partial charge in [0.2, 0.25) is 5.82 Å². The van der Waals surface area contributed by atoms with E-state index in [0.29, 0.717) is 4.90 Å². The first-order valence-corrected chi connectivity index (χ1v) is 9.13. The van der Waals surface area contributed by atoms with Crippen LogP contribution in [0.25, 0.3) is 11.5 Å². The third kappa shape index (κ3) is 4.16. The number of carbonyl (C=O) groups excluding carboxylic acids is 1. The lowest BCUT2D eigenvalue weighted by molar-refractivity contribution is -0.159. The number of hydrogen-bond donors (Lipinski definition) is 0. The van der Waals surface area contributed by atoms with Crippen LogP contribution in [0.3, 0.4) is 0 Å². The molecule has 3 rings (SSSR count). The van der Waals surface area contributed by atoms with Crippen LogP contribution in [0.4, 0.5) is 13.2 Å². The lowest BCUT2D eigenvalue weighted by atomic mass is 10.2. The molecule has 3 aromatic rings. The van der Waals surface area contributed by atoms with Crippen molar-refractivity contribution in [2.24, 2.45) is 4.36 Å². The molecule has 0 spiro atoms. The molecular formula is C15H10F3N5O3S. The summed E-state index contributed by atoms with van der Waals surface area (Å²) in [6.45, 7) is 0. The van der Waals surface area contributed by atoms with Gasteiger partial charge < -0.3 is 4.52 Å². The smallest absolute Gasteiger partial charge is 0.329 e. The number of hydrogen-bond acceptors (Lipinski definition) is 7. The molecule has 0 fully saturated rings. The Balaban J connectivity index is 1.85. The summed E-state index contributed by atoms with van der Waals surface area (Å²) in [4.78, 5) is 23.4. The van der Waals surface area contributed by atoms with E-state index in [4.69, 9.17) is 0 Å². The standard InChI is InChI=1S/C15H10F3N5O3S/c1-27(25,10-4-6-19-7-5-10)23-13(24)9-2-3-11(20-8-9)12-21-14(26-22-12)15(16,17)18/h2-8H,1H3. The van der Waals surface area contributed by atoms with Crippen molar-refractivity contribution in [1.29, 1.82) is 0 Å². The summed E-state index contributed by atoms with van der Waals surface area (Å²) in [6.07, 6.45) is 0.463. The Labute approximate surface area is 150 Å². The van der Waals surface area contributed by atoms with Gasteiger partial charge in [-0.2, -0.15) is 22.5 Å². The van der Waals surface area contributed by atoms with Crippen molar-refractivity contribution < 1.29 is 26.7 Å². The lowest BCUT2D eigenvalue weighted by Crippen LogP contribution is -2.05. The fraction of sp³-hybridized carbons (Fsp3) is 0.133. The van der Waals surface area contributed by atoms with Gasteiger partial charge in [-0.3, -0.25) is 14.8 Å². The van der Waals surface area contributed by atoms with Gasteiger partial charge in [0, 0.05) is 24.8 Å². The maximum atomic E-state index is 12.6. The van der Waals surface area contributed by atoms with E-state index in [9.17, 15) is 22.2 Å². The first kappa shape index (κ1) is 18.6. The van der Waals surface area contributed by atoms with Gasteiger partial charge in [0.25, 0.3) is 5.91 Å². The van der Waals surface area contributed by atoms with Crippen molar-refractivity contribution in [1.82, 2.24) is 20.1 Å². The Morgan fingerprint density at radius 1 is 1.19 bits per heavy atom. The van der Waals surface area contributed by atoms with E-state index in [-0.39, 0.29) is 17.1 Å². The van der Waals surface area contributed by atoms with Crippen LogP contribution in [-0.2, 0) is 15.9 Å². The van der Waals surface area contributed by atoms with Crippen LogP contribution >= 0.6 is 0 Å². The molecule has 0 aliphatic heterocycles. The summed E-state index contributed by atoms with van der Waals surface area (Å²) in [6, 6.07) is 5.46. The number of rotatable bonds is 3. The first-order valence-electron chi connectivity index (χ1n) is 7.21. The summed E-state index contributed by atoms with van der Waals surface area (Å²) in [7, 11) is -2.99. The number of alkyl halides is 3. The SMILES string of the molecule is CS(=O)(=NC(=O)c1ccc(-c2noc(C(F)(F)F)n2)nc1)c1ccncc1. The molecule has 8 nitrogen and oxygen atoms in total. The van der Waals surface area contributed by atoms with E-state index >= 15 is 0 Å². The highest BCUT2D eigenvalue weighted by molar-refractivity contribution is 7.93. The third-order valence-corrected chi connectivity index (χ3v) is 4.91. The van der Waals surface area contributed by atoms with Gasteiger partial charge in [-0.05, 0) is 24.3 Å². The number of nitrogens with zero attached hydrogens (tertiary/aromatic N) is 5. The third-order valence-electron chi connectivity index (χ3n) is 3.25. The molecule has 1 amide bonds. The molecule has 0 aliphatic carbocycles. The fourth-order valence-corrected chi connectivity index (χ4v) is 3.10. The molecule has 1 unspecified atom stereocenters. The predicted molar refractivity (Wildman–Crippen MR) is 85.9 cm³/mol. The zero-order valence-corrected chi connectivity index (χ0v) is 14.4. The van der Waals surface area contributed by atoms with Crippen LogP contribution in [0.5, 0.6) is 0 Å². The maximum absolute atomic E-state index is 12.6. The molecule has 0 radical (unpaired) electrons. The molecule has 0 saturated heterocycles. The first-order chi connectivity index (χ1) is 12.7. The summed E-state index contributed by atoms with van der Waals surface area (Å²) in [5.41, 5.74) is -0.0286. The van der Waals surface area contributed by atoms with Gasteiger partial charge in [0.15, 0.2) is 0 Å². The average Bonchev–Trinajstić information content (AvgIpc) is 3.13. The van der Waals surface area contributed by atoms with Gasteiger partial charge in [-0.15, -0.1) is 0 Å². The zero-order valence-electron chi connectivity index (χ0n) is 13.5. The Kier molecular flexibility index (Phi) is 4.74. The molecule has 0 bridgehead atoms. The Morgan fingerprint density at radius 3 is 2.44 bits per heavy atom. The van der Waals surface area contributed by atoms with E-state index in [1.165, 1.54) is 42.9 Å². The lowest BCUT2D eigenvalue weighted by Gasteiger charge is -2.03. The van der Waals surface area contributed by atoms with E-state index in [1.807, 2.05) is 0 Å². The Hall–Kier alpha value is -3.15. The fourth-order valence-electron chi connectivity index (χ4n) is 1.95. The number of aromatic nitrogens is 4. The Morgan fingerprint density at radius 2 is 1.89 bits per heavy atom. The van der Waals surface area contributed by atoms with E-state index < -0.39 is 27.7 Å². The minimum atomic E-state index is -4.77. The normalized spacial score (nSPS) is 13.8. The van der Waals surface area contributed by atoms with Crippen molar-refractivity contribution in [3.05, 3.63) is 54.3 Å². The number of halogens is 3. The quantitative estimate of drug-likeness (QED) is 0.668. The van der Waals surface area contributed by atoms with E-state index in [0.717, 1.165) is 6.20 Å². The van der Waals surface area contributed by atoms with Crippen molar-refractivity contribution in [2.75, 3.05) is 6.26 Å². The predicted octanol–water partition coefficient (Wildman–Crippen LogP) is 2.84. The van der Waals surface area contributed by atoms with Crippen LogP contribution in [-0.4, -0.2) is 36.5 Å². The van der Waals surface area contributed by atoms with Gasteiger partial charge in [0.1, 0.15) is 5.69 Å². The summed E-state index contributed by atoms with van der Waals surface area (Å²) >= 11 is 0. The Bertz CT molecular complexity index is 1090. The molecule has 0 aliphatic rings. The molecule has 27 heavy (non-hydrogen) atoms. The molecule has 0 N–H and O–H groups in total. The van der Waals surface area contributed by atoms with Crippen molar-refractivity contribution in [2.45, 2.75) is 11.1 Å². The van der Waals surface area contributed by atoms with Gasteiger partial charge in [-0.25, -0.2) is 4.21 Å². The summed E-state index contributed by atoms with van der Waals surface area (Å²) < 4.78 is 57.9. The molecule has 0 saturated carbocycles. The summed E-state index contributed by atoms with van der Waals surface area (Å²) in [5, 5.41) is 3.20. The topological polar surface area (TPSA) is 111 Å². The van der Waals surface area contributed by atoms with Crippen molar-refractivity contribution >= 4 is 15.6 Å². The van der Waals surface area contributed by atoms with Crippen molar-refractivity contribution in [3.8, 4) is 11.5 Å². The minimum Gasteiger partial charge on any atom is -0.329 e. The zero-order chi connectivity index (χ0) is 19.7. The monoisotopic (exact) mass is 397 g/mol. The maximum Gasteiger partial charge on any atom is 0.471 e. The minimum absolute atomic E-state index is 0.00178. The highest BCUT2D eigenvalue weighted by Crippen LogP contribution is 2.29. The van der Waals surface area contributed by atoms with Crippen LogP contribution < -0.4 is 0 Å². The number of amides is 1. The second-order valence-electron chi connectivity index (χ2n) is 5.23. The average molecular weight is 397 g/mol. The molecule has 3 aromatic heterocycles. The molecule has 1 atom stereocenters.